The molecule has 1 heterocycles. The van der Waals surface area contributed by atoms with Gasteiger partial charge in [0.1, 0.15) is 5.82 Å². The third-order valence-electron chi connectivity index (χ3n) is 2.85. The van der Waals surface area contributed by atoms with Crippen LogP contribution in [0.2, 0.25) is 5.02 Å². The molecule has 0 aliphatic heterocycles. The summed E-state index contributed by atoms with van der Waals surface area (Å²) in [5.74, 6) is 1.31. The first-order chi connectivity index (χ1) is 7.67. The highest BCUT2D eigenvalue weighted by atomic mass is 35.5. The van der Waals surface area contributed by atoms with E-state index >= 15 is 0 Å². The third-order valence-corrected chi connectivity index (χ3v) is 3.09. The lowest BCUT2D eigenvalue weighted by Gasteiger charge is -2.10. The first kappa shape index (κ1) is 11.4. The van der Waals surface area contributed by atoms with Crippen LogP contribution >= 0.6 is 11.6 Å². The van der Waals surface area contributed by atoms with Crippen molar-refractivity contribution in [1.82, 2.24) is 9.55 Å². The normalized spacial score (nSPS) is 13.2. The Labute approximate surface area is 100 Å². The Bertz CT molecular complexity index is 504. The molecule has 2 aromatic rings. The lowest BCUT2D eigenvalue weighted by molar-refractivity contribution is 0.638. The number of imidazole rings is 1. The molecule has 0 saturated carbocycles. The minimum absolute atomic E-state index is 0.270. The Morgan fingerprint density at radius 3 is 2.88 bits per heavy atom. The number of fused-ring (bicyclic) bond motifs is 1. The summed E-state index contributed by atoms with van der Waals surface area (Å²) in [4.78, 5) is 4.62. The Balaban J connectivity index is 2.66. The van der Waals surface area contributed by atoms with E-state index in [1.54, 1.807) is 0 Å². The van der Waals surface area contributed by atoms with Gasteiger partial charge < -0.3 is 10.3 Å². The second-order valence-corrected chi connectivity index (χ2v) is 4.42. The van der Waals surface area contributed by atoms with Crippen molar-refractivity contribution in [3.8, 4) is 0 Å². The van der Waals surface area contributed by atoms with Crippen LogP contribution in [-0.2, 0) is 6.54 Å². The molecular weight excluding hydrogens is 222 g/mol. The largest absolute Gasteiger partial charge is 0.330 e. The maximum atomic E-state index is 6.00. The van der Waals surface area contributed by atoms with E-state index in [0.29, 0.717) is 6.54 Å². The molecule has 3 nitrogen and oxygen atoms in total. The predicted octanol–water partition coefficient (Wildman–Crippen LogP) is 2.77. The fourth-order valence-electron chi connectivity index (χ4n) is 1.93. The second kappa shape index (κ2) is 4.44. The van der Waals surface area contributed by atoms with Crippen LogP contribution in [0, 0.1) is 0 Å². The van der Waals surface area contributed by atoms with Crippen LogP contribution in [0.25, 0.3) is 11.0 Å². The number of halogens is 1. The van der Waals surface area contributed by atoms with E-state index in [1.807, 2.05) is 18.2 Å². The van der Waals surface area contributed by atoms with Gasteiger partial charge in [-0.05, 0) is 25.1 Å². The first-order valence-corrected chi connectivity index (χ1v) is 5.91. The van der Waals surface area contributed by atoms with E-state index in [1.165, 1.54) is 0 Å². The smallest absolute Gasteiger partial charge is 0.113 e. The molecule has 4 heteroatoms. The van der Waals surface area contributed by atoms with Crippen LogP contribution in [0.15, 0.2) is 18.2 Å². The van der Waals surface area contributed by atoms with Gasteiger partial charge in [0, 0.05) is 24.0 Å². The average Bonchev–Trinajstić information content (AvgIpc) is 2.65. The molecule has 0 radical (unpaired) electrons. The van der Waals surface area contributed by atoms with Gasteiger partial charge in [0.05, 0.1) is 11.0 Å². The number of aromatic nitrogens is 2. The van der Waals surface area contributed by atoms with E-state index in [9.17, 15) is 0 Å². The number of hydrogen-bond acceptors (Lipinski definition) is 2. The van der Waals surface area contributed by atoms with Crippen LogP contribution in [0.3, 0.4) is 0 Å². The van der Waals surface area contributed by atoms with Crippen LogP contribution in [0.5, 0.6) is 0 Å². The molecule has 1 aromatic heterocycles. The molecule has 0 aliphatic rings. The fourth-order valence-corrected chi connectivity index (χ4v) is 2.09. The molecule has 0 spiro atoms. The van der Waals surface area contributed by atoms with Crippen LogP contribution < -0.4 is 5.73 Å². The molecule has 0 aliphatic carbocycles. The van der Waals surface area contributed by atoms with E-state index in [2.05, 4.69) is 23.4 Å². The Morgan fingerprint density at radius 2 is 2.25 bits per heavy atom. The van der Waals surface area contributed by atoms with Crippen molar-refractivity contribution in [1.29, 1.82) is 0 Å². The van der Waals surface area contributed by atoms with Crippen molar-refractivity contribution in [2.24, 2.45) is 5.73 Å². The Morgan fingerprint density at radius 1 is 1.50 bits per heavy atom. The van der Waals surface area contributed by atoms with Gasteiger partial charge in [0.25, 0.3) is 0 Å². The zero-order valence-electron chi connectivity index (χ0n) is 9.57. The summed E-state index contributed by atoms with van der Waals surface area (Å²) in [6.07, 6.45) is 0. The summed E-state index contributed by atoms with van der Waals surface area (Å²) in [5.41, 5.74) is 7.78. The summed E-state index contributed by atoms with van der Waals surface area (Å²) in [7, 11) is 0. The van der Waals surface area contributed by atoms with Gasteiger partial charge in [0.2, 0.25) is 0 Å². The predicted molar refractivity (Wildman–Crippen MR) is 67.9 cm³/mol. The number of rotatable bonds is 3. The molecule has 0 fully saturated rings. The number of nitrogens with zero attached hydrogens (tertiary/aromatic N) is 2. The summed E-state index contributed by atoms with van der Waals surface area (Å²) in [6, 6.07) is 5.78. The summed E-state index contributed by atoms with van der Waals surface area (Å²) in [6.45, 7) is 5.69. The van der Waals surface area contributed by atoms with Crippen molar-refractivity contribution in [2.45, 2.75) is 26.3 Å². The highest BCUT2D eigenvalue weighted by Gasteiger charge is 2.14. The quantitative estimate of drug-likeness (QED) is 0.892. The van der Waals surface area contributed by atoms with Gasteiger partial charge in [-0.3, -0.25) is 0 Å². The van der Waals surface area contributed by atoms with Gasteiger partial charge >= 0.3 is 0 Å². The summed E-state index contributed by atoms with van der Waals surface area (Å²) in [5, 5.41) is 0.744. The molecule has 2 rings (SSSR count). The van der Waals surface area contributed by atoms with Gasteiger partial charge in [0.15, 0.2) is 0 Å². The van der Waals surface area contributed by atoms with E-state index < -0.39 is 0 Å². The van der Waals surface area contributed by atoms with Gasteiger partial charge in [-0.25, -0.2) is 4.98 Å². The van der Waals surface area contributed by atoms with E-state index in [0.717, 1.165) is 28.4 Å². The van der Waals surface area contributed by atoms with Gasteiger partial charge in [-0.2, -0.15) is 0 Å². The number of benzene rings is 1. The van der Waals surface area contributed by atoms with Crippen molar-refractivity contribution in [3.63, 3.8) is 0 Å². The van der Waals surface area contributed by atoms with Crippen LogP contribution in [-0.4, -0.2) is 16.1 Å². The molecule has 2 N–H and O–H groups in total. The van der Waals surface area contributed by atoms with Crippen LogP contribution in [0.1, 0.15) is 25.6 Å². The van der Waals surface area contributed by atoms with E-state index in [4.69, 9.17) is 17.3 Å². The lowest BCUT2D eigenvalue weighted by atomic mass is 10.2. The topological polar surface area (TPSA) is 43.8 Å². The van der Waals surface area contributed by atoms with Crippen molar-refractivity contribution in [3.05, 3.63) is 29.0 Å². The molecule has 0 bridgehead atoms. The monoisotopic (exact) mass is 237 g/mol. The number of nitrogens with two attached hydrogens (primary N) is 1. The first-order valence-electron chi connectivity index (χ1n) is 5.53. The highest BCUT2D eigenvalue weighted by Crippen LogP contribution is 2.24. The van der Waals surface area contributed by atoms with Gasteiger partial charge in [-0.15, -0.1) is 0 Å². The van der Waals surface area contributed by atoms with Crippen LogP contribution in [0.4, 0.5) is 0 Å². The molecular formula is C12H16ClN3. The number of aryl methyl sites for hydroxylation is 1. The Hall–Kier alpha value is -1.06. The SMILES string of the molecule is CCn1c(C(C)CN)nc2ccc(Cl)cc21. The lowest BCUT2D eigenvalue weighted by Crippen LogP contribution is -2.14. The average molecular weight is 238 g/mol. The maximum Gasteiger partial charge on any atom is 0.113 e. The standard InChI is InChI=1S/C12H16ClN3/c1-3-16-11-6-9(13)4-5-10(11)15-12(16)8(2)7-14/h4-6,8H,3,7,14H2,1-2H3. The zero-order valence-corrected chi connectivity index (χ0v) is 10.3. The molecule has 0 amide bonds. The second-order valence-electron chi connectivity index (χ2n) is 3.98. The molecule has 1 atom stereocenters. The molecule has 16 heavy (non-hydrogen) atoms. The molecule has 0 saturated heterocycles. The molecule has 1 unspecified atom stereocenters. The maximum absolute atomic E-state index is 6.00. The highest BCUT2D eigenvalue weighted by molar-refractivity contribution is 6.31. The summed E-state index contributed by atoms with van der Waals surface area (Å²) >= 11 is 6.00. The van der Waals surface area contributed by atoms with Crippen molar-refractivity contribution in [2.75, 3.05) is 6.54 Å². The van der Waals surface area contributed by atoms with Crippen molar-refractivity contribution >= 4 is 22.6 Å². The fraction of sp³-hybridized carbons (Fsp3) is 0.417. The minimum atomic E-state index is 0.270. The zero-order chi connectivity index (χ0) is 11.7. The number of hydrogen-bond donors (Lipinski definition) is 1. The van der Waals surface area contributed by atoms with Gasteiger partial charge in [-0.1, -0.05) is 18.5 Å². The van der Waals surface area contributed by atoms with E-state index in [-0.39, 0.29) is 5.92 Å². The molecule has 86 valence electrons. The molecule has 1 aromatic carbocycles. The third kappa shape index (κ3) is 1.81. The Kier molecular flexibility index (Phi) is 3.17. The summed E-state index contributed by atoms with van der Waals surface area (Å²) < 4.78 is 2.18. The van der Waals surface area contributed by atoms with Crippen molar-refractivity contribution < 1.29 is 0 Å². The minimum Gasteiger partial charge on any atom is -0.330 e.